The molecule has 100 valence electrons. The first-order chi connectivity index (χ1) is 8.90. The minimum atomic E-state index is -0.866. The first-order valence-corrected chi connectivity index (χ1v) is 6.24. The minimum absolute atomic E-state index is 0.0635. The quantitative estimate of drug-likeness (QED) is 0.889. The lowest BCUT2D eigenvalue weighted by molar-refractivity contribution is -0.136. The van der Waals surface area contributed by atoms with Gasteiger partial charge in [-0.25, -0.2) is 0 Å². The Morgan fingerprint density at radius 2 is 1.79 bits per heavy atom. The number of nitrogens with zero attached hydrogens (tertiary/aromatic N) is 1. The second-order valence-corrected chi connectivity index (χ2v) is 4.99. The van der Waals surface area contributed by atoms with Crippen LogP contribution < -0.4 is 0 Å². The number of carboxylic acid groups (broad SMARTS) is 1. The predicted molar refractivity (Wildman–Crippen MR) is 74.3 cm³/mol. The third kappa shape index (κ3) is 2.52. The van der Waals surface area contributed by atoms with Crippen LogP contribution in [0.3, 0.4) is 0 Å². The predicted octanol–water partition coefficient (Wildman–Crippen LogP) is 2.94. The van der Waals surface area contributed by atoms with Crippen molar-refractivity contribution in [2.24, 2.45) is 0 Å². The average molecular weight is 258 g/mol. The number of carbonyl (C=O) groups is 1. The number of rotatable bonds is 3. The maximum absolute atomic E-state index is 10.9. The van der Waals surface area contributed by atoms with Crippen LogP contribution in [0, 0.1) is 27.7 Å². The highest BCUT2D eigenvalue weighted by Crippen LogP contribution is 2.31. The van der Waals surface area contributed by atoms with Crippen molar-refractivity contribution in [3.63, 3.8) is 0 Å². The monoisotopic (exact) mass is 258 g/mol. The Labute approximate surface area is 112 Å². The molecule has 0 aliphatic heterocycles. The lowest BCUT2D eigenvalue weighted by Gasteiger charge is -2.10. The molecule has 4 heteroatoms. The van der Waals surface area contributed by atoms with E-state index < -0.39 is 5.97 Å². The van der Waals surface area contributed by atoms with E-state index in [9.17, 15) is 4.79 Å². The van der Waals surface area contributed by atoms with Crippen molar-refractivity contribution in [1.29, 1.82) is 0 Å². The molecule has 1 heterocycles. The number of aromatic nitrogens is 2. The maximum atomic E-state index is 10.9. The summed E-state index contributed by atoms with van der Waals surface area (Å²) in [4.78, 5) is 10.9. The Morgan fingerprint density at radius 3 is 2.42 bits per heavy atom. The van der Waals surface area contributed by atoms with Crippen LogP contribution in [0.1, 0.15) is 28.1 Å². The smallest absolute Gasteiger partial charge is 0.309 e. The van der Waals surface area contributed by atoms with Crippen molar-refractivity contribution < 1.29 is 9.90 Å². The number of carboxylic acids is 1. The second-order valence-electron chi connectivity index (χ2n) is 4.99. The van der Waals surface area contributed by atoms with Crippen LogP contribution in [0.25, 0.3) is 11.1 Å². The molecule has 4 nitrogen and oxygen atoms in total. The number of hydrogen-bond donors (Lipinski definition) is 2. The molecule has 0 aliphatic rings. The van der Waals surface area contributed by atoms with E-state index in [2.05, 4.69) is 36.2 Å². The summed E-state index contributed by atoms with van der Waals surface area (Å²) in [5.74, 6) is -0.866. The molecule has 0 atom stereocenters. The van der Waals surface area contributed by atoms with Gasteiger partial charge in [0.15, 0.2) is 0 Å². The molecule has 0 radical (unpaired) electrons. The fourth-order valence-electron chi connectivity index (χ4n) is 2.34. The normalized spacial score (nSPS) is 10.7. The summed E-state index contributed by atoms with van der Waals surface area (Å²) in [6, 6.07) is 4.23. The van der Waals surface area contributed by atoms with Gasteiger partial charge < -0.3 is 5.11 Å². The van der Waals surface area contributed by atoms with Crippen molar-refractivity contribution in [2.75, 3.05) is 0 Å². The van der Waals surface area contributed by atoms with Crippen LogP contribution in [-0.4, -0.2) is 21.3 Å². The largest absolute Gasteiger partial charge is 0.481 e. The van der Waals surface area contributed by atoms with E-state index in [-0.39, 0.29) is 6.42 Å². The van der Waals surface area contributed by atoms with Crippen molar-refractivity contribution in [1.82, 2.24) is 10.2 Å². The molecule has 0 amide bonds. The first kappa shape index (κ1) is 13.3. The molecule has 0 aliphatic carbocycles. The van der Waals surface area contributed by atoms with Gasteiger partial charge in [-0.2, -0.15) is 5.10 Å². The van der Waals surface area contributed by atoms with Crippen LogP contribution in [0.15, 0.2) is 12.1 Å². The standard InChI is InChI=1S/C15H18N2O2/c1-8-5-10(3)12(6-9(8)2)15-11(4)16-17-13(15)7-14(18)19/h5-6H,7H2,1-4H3,(H,16,17)(H,18,19). The highest BCUT2D eigenvalue weighted by molar-refractivity contribution is 5.78. The molecule has 19 heavy (non-hydrogen) atoms. The molecule has 0 fully saturated rings. The van der Waals surface area contributed by atoms with Gasteiger partial charge in [0.1, 0.15) is 0 Å². The molecular weight excluding hydrogens is 240 g/mol. The number of H-pyrrole nitrogens is 1. The Balaban J connectivity index is 2.61. The summed E-state index contributed by atoms with van der Waals surface area (Å²) >= 11 is 0. The number of nitrogens with one attached hydrogen (secondary N) is 1. The molecule has 0 spiro atoms. The second kappa shape index (κ2) is 4.88. The Morgan fingerprint density at radius 1 is 1.16 bits per heavy atom. The van der Waals surface area contributed by atoms with Crippen molar-refractivity contribution >= 4 is 5.97 Å². The summed E-state index contributed by atoms with van der Waals surface area (Å²) in [6.07, 6.45) is -0.0635. The zero-order valence-electron chi connectivity index (χ0n) is 11.7. The molecule has 1 aromatic heterocycles. The van der Waals surface area contributed by atoms with E-state index in [1.165, 1.54) is 11.1 Å². The van der Waals surface area contributed by atoms with Gasteiger partial charge in [-0.1, -0.05) is 12.1 Å². The molecule has 0 unspecified atom stereocenters. The van der Waals surface area contributed by atoms with E-state index in [0.717, 1.165) is 22.4 Å². The van der Waals surface area contributed by atoms with E-state index in [1.807, 2.05) is 13.8 Å². The van der Waals surface area contributed by atoms with E-state index in [4.69, 9.17) is 5.11 Å². The number of aryl methyl sites for hydroxylation is 4. The molecule has 1 aromatic carbocycles. The Bertz CT molecular complexity index is 642. The Kier molecular flexibility index (Phi) is 3.42. The first-order valence-electron chi connectivity index (χ1n) is 6.24. The molecule has 0 saturated carbocycles. The van der Waals surface area contributed by atoms with Gasteiger partial charge in [0.05, 0.1) is 12.1 Å². The third-order valence-corrected chi connectivity index (χ3v) is 3.45. The topological polar surface area (TPSA) is 66.0 Å². The summed E-state index contributed by atoms with van der Waals surface area (Å²) < 4.78 is 0. The van der Waals surface area contributed by atoms with Crippen LogP contribution >= 0.6 is 0 Å². The van der Waals surface area contributed by atoms with Crippen molar-refractivity contribution in [2.45, 2.75) is 34.1 Å². The van der Waals surface area contributed by atoms with Crippen molar-refractivity contribution in [3.8, 4) is 11.1 Å². The highest BCUT2D eigenvalue weighted by atomic mass is 16.4. The fraction of sp³-hybridized carbons (Fsp3) is 0.333. The van der Waals surface area contributed by atoms with Crippen molar-refractivity contribution in [3.05, 3.63) is 40.2 Å². The molecule has 0 bridgehead atoms. The van der Waals surface area contributed by atoms with Crippen LogP contribution in [0.4, 0.5) is 0 Å². The van der Waals surface area contributed by atoms with Crippen LogP contribution in [0.2, 0.25) is 0 Å². The third-order valence-electron chi connectivity index (χ3n) is 3.45. The Hall–Kier alpha value is -2.10. The molecule has 2 aromatic rings. The van der Waals surface area contributed by atoms with Crippen LogP contribution in [0.5, 0.6) is 0 Å². The number of aromatic amines is 1. The summed E-state index contributed by atoms with van der Waals surface area (Å²) in [5.41, 5.74) is 7.05. The fourth-order valence-corrected chi connectivity index (χ4v) is 2.34. The van der Waals surface area contributed by atoms with E-state index >= 15 is 0 Å². The highest BCUT2D eigenvalue weighted by Gasteiger charge is 2.17. The number of hydrogen-bond acceptors (Lipinski definition) is 2. The number of benzene rings is 1. The summed E-state index contributed by atoms with van der Waals surface area (Å²) in [7, 11) is 0. The van der Waals surface area contributed by atoms with Gasteiger partial charge in [0.2, 0.25) is 0 Å². The van der Waals surface area contributed by atoms with Gasteiger partial charge in [-0.05, 0) is 49.9 Å². The lowest BCUT2D eigenvalue weighted by Crippen LogP contribution is -2.02. The zero-order valence-corrected chi connectivity index (χ0v) is 11.7. The molecule has 2 N–H and O–H groups in total. The SMILES string of the molecule is Cc1cc(C)c(-c2c(CC(=O)O)n[nH]c2C)cc1C. The van der Waals surface area contributed by atoms with Gasteiger partial charge in [-0.15, -0.1) is 0 Å². The molecule has 2 rings (SSSR count). The molecular formula is C15H18N2O2. The lowest BCUT2D eigenvalue weighted by atomic mass is 9.93. The van der Waals surface area contributed by atoms with E-state index in [1.54, 1.807) is 0 Å². The summed E-state index contributed by atoms with van der Waals surface area (Å²) in [5, 5.41) is 16.0. The van der Waals surface area contributed by atoms with Gasteiger partial charge >= 0.3 is 5.97 Å². The zero-order chi connectivity index (χ0) is 14.2. The van der Waals surface area contributed by atoms with Gasteiger partial charge in [0, 0.05) is 11.3 Å². The number of aliphatic carboxylic acids is 1. The minimum Gasteiger partial charge on any atom is -0.481 e. The van der Waals surface area contributed by atoms with Gasteiger partial charge in [0.25, 0.3) is 0 Å². The van der Waals surface area contributed by atoms with E-state index in [0.29, 0.717) is 5.69 Å². The van der Waals surface area contributed by atoms with Gasteiger partial charge in [-0.3, -0.25) is 9.89 Å². The molecule has 0 saturated heterocycles. The maximum Gasteiger partial charge on any atom is 0.309 e. The van der Waals surface area contributed by atoms with Crippen LogP contribution in [-0.2, 0) is 11.2 Å². The average Bonchev–Trinajstić information content (AvgIpc) is 2.65. The summed E-state index contributed by atoms with van der Waals surface area (Å²) in [6.45, 7) is 8.10.